The third kappa shape index (κ3) is 1.75. The molecule has 0 bridgehead atoms. The number of methoxy groups -OCH3 is 1. The number of ketones is 1. The summed E-state index contributed by atoms with van der Waals surface area (Å²) in [5.74, 6) is 1.99. The Hall–Kier alpha value is -1.51. The number of aromatic hydroxyl groups is 1. The zero-order chi connectivity index (χ0) is 13.6. The van der Waals surface area contributed by atoms with Gasteiger partial charge in [-0.3, -0.25) is 4.79 Å². The Kier molecular flexibility index (Phi) is 2.80. The molecule has 1 saturated carbocycles. The lowest BCUT2D eigenvalue weighted by atomic mass is 9.57. The summed E-state index contributed by atoms with van der Waals surface area (Å²) in [6.45, 7) is 2.23. The first-order valence-electron chi connectivity index (χ1n) is 6.97. The largest absolute Gasteiger partial charge is 0.508 e. The molecule has 0 spiro atoms. The molecular weight excluding hydrogens is 240 g/mol. The Morgan fingerprint density at radius 1 is 1.37 bits per heavy atom. The van der Waals surface area contributed by atoms with Crippen molar-refractivity contribution >= 4 is 5.78 Å². The second kappa shape index (κ2) is 4.26. The van der Waals surface area contributed by atoms with Crippen LogP contribution in [0.1, 0.15) is 43.7 Å². The maximum absolute atomic E-state index is 11.7. The van der Waals surface area contributed by atoms with Gasteiger partial charge in [-0.15, -0.1) is 0 Å². The fourth-order valence-electron chi connectivity index (χ4n) is 3.94. The SMILES string of the molecule is COc1ccc(O)c2c1C1(C)CCC(=O)CC1CC2. The lowest BCUT2D eigenvalue weighted by Gasteiger charge is -2.46. The van der Waals surface area contributed by atoms with E-state index in [1.54, 1.807) is 13.2 Å². The van der Waals surface area contributed by atoms with Gasteiger partial charge in [0.25, 0.3) is 0 Å². The molecule has 1 N–H and O–H groups in total. The summed E-state index contributed by atoms with van der Waals surface area (Å²) in [6.07, 6.45) is 4.01. The second-order valence-electron chi connectivity index (χ2n) is 6.04. The van der Waals surface area contributed by atoms with Crippen LogP contribution in [0.2, 0.25) is 0 Å². The minimum atomic E-state index is -0.0361. The molecule has 2 unspecified atom stereocenters. The van der Waals surface area contributed by atoms with E-state index >= 15 is 0 Å². The van der Waals surface area contributed by atoms with Gasteiger partial charge in [0, 0.05) is 29.4 Å². The van der Waals surface area contributed by atoms with Gasteiger partial charge in [-0.05, 0) is 37.3 Å². The van der Waals surface area contributed by atoms with Gasteiger partial charge in [0.2, 0.25) is 0 Å². The van der Waals surface area contributed by atoms with Crippen molar-refractivity contribution in [3.63, 3.8) is 0 Å². The van der Waals surface area contributed by atoms with Crippen LogP contribution in [0.25, 0.3) is 0 Å². The topological polar surface area (TPSA) is 46.5 Å². The molecule has 1 aromatic carbocycles. The molecule has 0 aliphatic heterocycles. The number of carbonyl (C=O) groups excluding carboxylic acids is 1. The van der Waals surface area contributed by atoms with Crippen LogP contribution in [-0.4, -0.2) is 18.0 Å². The predicted molar refractivity (Wildman–Crippen MR) is 72.7 cm³/mol. The van der Waals surface area contributed by atoms with E-state index in [9.17, 15) is 9.90 Å². The first kappa shape index (κ1) is 12.5. The number of fused-ring (bicyclic) bond motifs is 3. The molecule has 0 amide bonds. The molecule has 2 atom stereocenters. The van der Waals surface area contributed by atoms with Gasteiger partial charge in [-0.2, -0.15) is 0 Å². The number of phenols is 1. The third-order valence-corrected chi connectivity index (χ3v) is 5.08. The second-order valence-corrected chi connectivity index (χ2v) is 6.04. The Morgan fingerprint density at radius 2 is 2.16 bits per heavy atom. The molecule has 1 aromatic rings. The van der Waals surface area contributed by atoms with Crippen LogP contribution in [0.4, 0.5) is 0 Å². The molecule has 3 heteroatoms. The van der Waals surface area contributed by atoms with Gasteiger partial charge in [-0.1, -0.05) is 6.92 Å². The average Bonchev–Trinajstić information content (AvgIpc) is 2.40. The van der Waals surface area contributed by atoms with Gasteiger partial charge in [0.15, 0.2) is 0 Å². The van der Waals surface area contributed by atoms with E-state index in [0.717, 1.165) is 36.1 Å². The average molecular weight is 260 g/mol. The number of benzene rings is 1. The Labute approximate surface area is 113 Å². The Balaban J connectivity index is 2.17. The highest BCUT2D eigenvalue weighted by Crippen LogP contribution is 2.53. The number of ether oxygens (including phenoxy) is 1. The van der Waals surface area contributed by atoms with E-state index in [1.807, 2.05) is 6.07 Å². The summed E-state index contributed by atoms with van der Waals surface area (Å²) in [4.78, 5) is 11.7. The van der Waals surface area contributed by atoms with Crippen molar-refractivity contribution in [3.8, 4) is 11.5 Å². The predicted octanol–water partition coefficient (Wildman–Crippen LogP) is 2.97. The number of Topliss-reactive ketones (excluding diaryl/α,β-unsaturated/α-hetero) is 1. The standard InChI is InChI=1S/C16H20O3/c1-16-8-7-11(17)9-10(16)3-4-12-13(18)5-6-14(19-2)15(12)16/h5-6,10,18H,3-4,7-9H2,1-2H3. The van der Waals surface area contributed by atoms with Crippen molar-refractivity contribution in [2.75, 3.05) is 7.11 Å². The van der Waals surface area contributed by atoms with Crippen molar-refractivity contribution < 1.29 is 14.6 Å². The number of carbonyl (C=O) groups is 1. The summed E-state index contributed by atoms with van der Waals surface area (Å²) >= 11 is 0. The van der Waals surface area contributed by atoms with Crippen molar-refractivity contribution in [3.05, 3.63) is 23.3 Å². The van der Waals surface area contributed by atoms with Crippen LogP contribution >= 0.6 is 0 Å². The molecule has 0 saturated heterocycles. The molecular formula is C16H20O3. The normalized spacial score (nSPS) is 29.6. The highest BCUT2D eigenvalue weighted by molar-refractivity contribution is 5.80. The van der Waals surface area contributed by atoms with Gasteiger partial charge >= 0.3 is 0 Å². The van der Waals surface area contributed by atoms with Crippen molar-refractivity contribution in [2.45, 2.75) is 44.4 Å². The van der Waals surface area contributed by atoms with Gasteiger partial charge in [0.1, 0.15) is 17.3 Å². The molecule has 0 radical (unpaired) electrons. The van der Waals surface area contributed by atoms with Gasteiger partial charge < -0.3 is 9.84 Å². The van der Waals surface area contributed by atoms with E-state index in [-0.39, 0.29) is 5.41 Å². The molecule has 1 fully saturated rings. The highest BCUT2D eigenvalue weighted by Gasteiger charge is 2.46. The lowest BCUT2D eigenvalue weighted by molar-refractivity contribution is -0.123. The molecule has 0 heterocycles. The van der Waals surface area contributed by atoms with E-state index in [4.69, 9.17) is 4.74 Å². The summed E-state index contributed by atoms with van der Waals surface area (Å²) < 4.78 is 5.51. The van der Waals surface area contributed by atoms with Crippen molar-refractivity contribution in [2.24, 2.45) is 5.92 Å². The first-order chi connectivity index (χ1) is 9.06. The quantitative estimate of drug-likeness (QED) is 0.844. The van der Waals surface area contributed by atoms with Crippen LogP contribution in [0.5, 0.6) is 11.5 Å². The minimum absolute atomic E-state index is 0.0361. The van der Waals surface area contributed by atoms with Crippen molar-refractivity contribution in [1.82, 2.24) is 0 Å². The minimum Gasteiger partial charge on any atom is -0.508 e. The maximum Gasteiger partial charge on any atom is 0.133 e. The maximum atomic E-state index is 11.7. The first-order valence-corrected chi connectivity index (χ1v) is 6.97. The summed E-state index contributed by atoms with van der Waals surface area (Å²) in [6, 6.07) is 3.56. The van der Waals surface area contributed by atoms with E-state index in [1.165, 1.54) is 0 Å². The number of hydrogen-bond acceptors (Lipinski definition) is 3. The zero-order valence-corrected chi connectivity index (χ0v) is 11.5. The lowest BCUT2D eigenvalue weighted by Crippen LogP contribution is -2.42. The van der Waals surface area contributed by atoms with E-state index in [2.05, 4.69) is 6.92 Å². The molecule has 3 nitrogen and oxygen atoms in total. The van der Waals surface area contributed by atoms with E-state index < -0.39 is 0 Å². The van der Waals surface area contributed by atoms with Crippen LogP contribution < -0.4 is 4.74 Å². The van der Waals surface area contributed by atoms with Gasteiger partial charge in [0.05, 0.1) is 7.11 Å². The number of rotatable bonds is 1. The van der Waals surface area contributed by atoms with Crippen molar-refractivity contribution in [1.29, 1.82) is 0 Å². The van der Waals surface area contributed by atoms with Crippen LogP contribution in [-0.2, 0) is 16.6 Å². The molecule has 2 aliphatic rings. The van der Waals surface area contributed by atoms with Crippen LogP contribution in [0.15, 0.2) is 12.1 Å². The monoisotopic (exact) mass is 260 g/mol. The van der Waals surface area contributed by atoms with Crippen LogP contribution in [0, 0.1) is 5.92 Å². The Bertz CT molecular complexity index is 535. The highest BCUT2D eigenvalue weighted by atomic mass is 16.5. The molecule has 2 aliphatic carbocycles. The number of hydrogen-bond donors (Lipinski definition) is 1. The fourth-order valence-corrected chi connectivity index (χ4v) is 3.94. The zero-order valence-electron chi connectivity index (χ0n) is 11.5. The summed E-state index contributed by atoms with van der Waals surface area (Å²) in [7, 11) is 1.67. The molecule has 102 valence electrons. The molecule has 0 aromatic heterocycles. The summed E-state index contributed by atoms with van der Waals surface area (Å²) in [5.41, 5.74) is 2.12. The Morgan fingerprint density at radius 3 is 2.89 bits per heavy atom. The number of phenolic OH excluding ortho intramolecular Hbond substituents is 1. The van der Waals surface area contributed by atoms with E-state index in [0.29, 0.717) is 30.3 Å². The molecule has 19 heavy (non-hydrogen) atoms. The van der Waals surface area contributed by atoms with Crippen LogP contribution in [0.3, 0.4) is 0 Å². The smallest absolute Gasteiger partial charge is 0.133 e. The summed E-state index contributed by atoms with van der Waals surface area (Å²) in [5, 5.41) is 10.1. The third-order valence-electron chi connectivity index (χ3n) is 5.08. The fraction of sp³-hybridized carbons (Fsp3) is 0.562. The molecule has 3 rings (SSSR count). The van der Waals surface area contributed by atoms with Gasteiger partial charge in [-0.25, -0.2) is 0 Å².